The van der Waals surface area contributed by atoms with E-state index in [0.717, 1.165) is 134 Å². The van der Waals surface area contributed by atoms with Crippen LogP contribution in [0.1, 0.15) is 180 Å². The molecule has 0 fully saturated rings. The van der Waals surface area contributed by atoms with Crippen molar-refractivity contribution < 1.29 is 5.11 Å². The number of aromatic nitrogens is 4. The van der Waals surface area contributed by atoms with Crippen LogP contribution in [0.25, 0.3) is 48.9 Å². The maximum atomic E-state index is 15.2. The lowest BCUT2D eigenvalue weighted by atomic mass is 9.93. The molecule has 2 aromatic carbocycles. The van der Waals surface area contributed by atoms with Crippen molar-refractivity contribution in [2.45, 2.75) is 181 Å². The van der Waals surface area contributed by atoms with E-state index in [-0.39, 0.29) is 34.6 Å². The summed E-state index contributed by atoms with van der Waals surface area (Å²) in [6.45, 7) is 8.74. The Labute approximate surface area is 331 Å². The molecule has 0 bridgehead atoms. The number of fused-ring (bicyclic) bond motifs is 3. The summed E-state index contributed by atoms with van der Waals surface area (Å²) in [5, 5.41) is 14.5. The minimum absolute atomic E-state index is 0.107. The van der Waals surface area contributed by atoms with Crippen LogP contribution < -0.4 is 22.4 Å². The zero-order valence-electron chi connectivity index (χ0n) is 34.5. The molecule has 3 N–H and O–H groups in total. The van der Waals surface area contributed by atoms with E-state index in [9.17, 15) is 9.90 Å². The Kier molecular flexibility index (Phi) is 14.4. The summed E-state index contributed by atoms with van der Waals surface area (Å²) >= 11 is 0. The summed E-state index contributed by atoms with van der Waals surface area (Å²) in [6.07, 6.45) is 26.5. The molecule has 0 amide bonds. The van der Waals surface area contributed by atoms with Crippen molar-refractivity contribution in [1.82, 2.24) is 19.1 Å². The third kappa shape index (κ3) is 8.30. The van der Waals surface area contributed by atoms with Crippen molar-refractivity contribution in [3.63, 3.8) is 0 Å². The van der Waals surface area contributed by atoms with Gasteiger partial charge in [-0.1, -0.05) is 149 Å². The van der Waals surface area contributed by atoms with E-state index in [4.69, 9.17) is 15.7 Å². The van der Waals surface area contributed by atoms with Gasteiger partial charge in [0.1, 0.15) is 11.0 Å². The zero-order chi connectivity index (χ0) is 39.8. The Morgan fingerprint density at radius 2 is 1.07 bits per heavy atom. The first-order valence-corrected chi connectivity index (χ1v) is 22.2. The molecule has 1 atom stereocenters. The monoisotopic (exact) mass is 764 g/mol. The predicted molar refractivity (Wildman–Crippen MR) is 234 cm³/mol. The number of nitrogens with zero attached hydrogens (tertiary/aromatic N) is 4. The van der Waals surface area contributed by atoms with Crippen molar-refractivity contribution in [3.8, 4) is 5.88 Å². The maximum Gasteiger partial charge on any atom is 0.263 e. The van der Waals surface area contributed by atoms with E-state index in [1.165, 1.54) is 4.57 Å². The van der Waals surface area contributed by atoms with Crippen molar-refractivity contribution in [3.05, 3.63) is 67.2 Å². The van der Waals surface area contributed by atoms with Crippen LogP contribution in [0.3, 0.4) is 0 Å². The third-order valence-electron chi connectivity index (χ3n) is 12.4. The molecule has 0 saturated carbocycles. The molecule has 5 aromatic rings. The van der Waals surface area contributed by atoms with Gasteiger partial charge < -0.3 is 10.8 Å². The normalized spacial score (nSPS) is 14.9. The standard InChI is InChI=1S/C47H65N5O4/c1-5-9-13-17-23-31(24-18-14-10-6-2)51-44(53)34-29-30-35-38-37(34)39(46(51)55)41-42(50-43(49-41)33-27-21-22-28-36(33)48)40(38)47(56)52(45(35)54)32(25-19-15-11-7-3)26-20-16-12-8-4/h22,27-32,36,53H,5-21,23-26,48H2,1-4H3. The number of rotatable bonds is 23. The number of benzene rings is 2. The van der Waals surface area contributed by atoms with Crippen molar-refractivity contribution in [1.29, 1.82) is 0 Å². The third-order valence-corrected chi connectivity index (χ3v) is 12.4. The second kappa shape index (κ2) is 19.4. The molecule has 1 aliphatic carbocycles. The van der Waals surface area contributed by atoms with Gasteiger partial charge in [-0.25, -0.2) is 9.97 Å². The van der Waals surface area contributed by atoms with Gasteiger partial charge in [-0.15, -0.1) is 0 Å². The van der Waals surface area contributed by atoms with Gasteiger partial charge in [-0.3, -0.25) is 23.5 Å². The second-order valence-corrected chi connectivity index (χ2v) is 16.4. The Morgan fingerprint density at radius 3 is 1.55 bits per heavy atom. The minimum Gasteiger partial charge on any atom is -0.494 e. The fourth-order valence-electron chi connectivity index (χ4n) is 9.25. The van der Waals surface area contributed by atoms with Gasteiger partial charge in [-0.2, -0.15) is 0 Å². The molecule has 0 spiro atoms. The summed E-state index contributed by atoms with van der Waals surface area (Å²) in [7, 11) is 0. The summed E-state index contributed by atoms with van der Waals surface area (Å²) in [5.74, 6) is 0.285. The van der Waals surface area contributed by atoms with Crippen LogP contribution in [0, 0.1) is 0 Å². The average Bonchev–Trinajstić information content (AvgIpc) is 3.63. The van der Waals surface area contributed by atoms with Crippen LogP contribution >= 0.6 is 0 Å². The molecule has 3 aromatic heterocycles. The highest BCUT2D eigenvalue weighted by Gasteiger charge is 2.31. The van der Waals surface area contributed by atoms with Gasteiger partial charge in [0.25, 0.3) is 16.7 Å². The molecule has 9 heteroatoms. The van der Waals surface area contributed by atoms with Crippen LogP contribution in [-0.4, -0.2) is 30.3 Å². The molecule has 0 saturated heterocycles. The lowest BCUT2D eigenvalue weighted by Gasteiger charge is -2.24. The zero-order valence-corrected chi connectivity index (χ0v) is 34.5. The first-order valence-electron chi connectivity index (χ1n) is 22.2. The lowest BCUT2D eigenvalue weighted by Crippen LogP contribution is -2.37. The SMILES string of the molecule is CCCCCCC(CCCCCC)n1c(O)c2ccc3c(=O)n(C(CCCCCC)CCCCCC)c(=O)c4c5nc(C6=CCC=CC6N)nc5c(c1=O)c2c34. The summed E-state index contributed by atoms with van der Waals surface area (Å²) in [5.41, 5.74) is 6.91. The molecule has 9 nitrogen and oxygen atoms in total. The number of unbranched alkanes of at least 4 members (excludes halogenated alkanes) is 12. The van der Waals surface area contributed by atoms with E-state index in [1.807, 2.05) is 18.2 Å². The number of hydrogen-bond donors (Lipinski definition) is 2. The number of hydrogen-bond acceptors (Lipinski definition) is 7. The van der Waals surface area contributed by atoms with Crippen LogP contribution in [0.5, 0.6) is 5.88 Å². The number of nitrogens with two attached hydrogens (primary N) is 1. The Balaban J connectivity index is 1.65. The Bertz CT molecular complexity index is 2300. The van der Waals surface area contributed by atoms with Crippen LogP contribution in [0.15, 0.2) is 44.7 Å². The summed E-state index contributed by atoms with van der Waals surface area (Å²) in [4.78, 5) is 55.1. The van der Waals surface area contributed by atoms with E-state index in [1.54, 1.807) is 16.7 Å². The number of pyridine rings is 2. The van der Waals surface area contributed by atoms with Crippen LogP contribution in [-0.2, 0) is 0 Å². The molecule has 3 heterocycles. The fraction of sp³-hybridized carbons (Fsp3) is 0.596. The first kappa shape index (κ1) is 41.5. The highest BCUT2D eigenvalue weighted by Crippen LogP contribution is 2.42. The second-order valence-electron chi connectivity index (χ2n) is 16.4. The molecule has 56 heavy (non-hydrogen) atoms. The van der Waals surface area contributed by atoms with Crippen molar-refractivity contribution in [2.24, 2.45) is 5.73 Å². The summed E-state index contributed by atoms with van der Waals surface area (Å²) in [6, 6.07) is 2.64. The predicted octanol–water partition coefficient (Wildman–Crippen LogP) is 11.0. The number of aromatic hydroxyl groups is 1. The van der Waals surface area contributed by atoms with Gasteiger partial charge in [0.2, 0.25) is 5.88 Å². The maximum absolute atomic E-state index is 15.2. The van der Waals surface area contributed by atoms with E-state index in [0.29, 0.717) is 55.6 Å². The largest absolute Gasteiger partial charge is 0.494 e. The Hall–Kier alpha value is -4.11. The fourth-order valence-corrected chi connectivity index (χ4v) is 9.25. The highest BCUT2D eigenvalue weighted by atomic mass is 16.3. The van der Waals surface area contributed by atoms with Crippen LogP contribution in [0.2, 0.25) is 0 Å². The molecule has 1 aliphatic rings. The quantitative estimate of drug-likeness (QED) is 0.0384. The van der Waals surface area contributed by atoms with Gasteiger partial charge in [0.15, 0.2) is 5.82 Å². The van der Waals surface area contributed by atoms with E-state index in [2.05, 4.69) is 27.7 Å². The summed E-state index contributed by atoms with van der Waals surface area (Å²) < 4.78 is 3.10. The molecule has 6 rings (SSSR count). The Morgan fingerprint density at radius 1 is 0.625 bits per heavy atom. The highest BCUT2D eigenvalue weighted by molar-refractivity contribution is 6.32. The molecule has 0 radical (unpaired) electrons. The van der Waals surface area contributed by atoms with Gasteiger partial charge in [0.05, 0.1) is 16.8 Å². The number of imidazole rings is 1. The van der Waals surface area contributed by atoms with Crippen molar-refractivity contribution >= 4 is 48.9 Å². The van der Waals surface area contributed by atoms with Gasteiger partial charge in [0, 0.05) is 39.2 Å². The first-order chi connectivity index (χ1) is 27.3. The minimum atomic E-state index is -0.432. The molecule has 302 valence electrons. The molecule has 1 unspecified atom stereocenters. The smallest absolute Gasteiger partial charge is 0.263 e. The molecular formula is C47H65N5O4. The topological polar surface area (TPSA) is 133 Å². The van der Waals surface area contributed by atoms with Gasteiger partial charge in [-0.05, 0) is 44.2 Å². The van der Waals surface area contributed by atoms with Gasteiger partial charge >= 0.3 is 0 Å². The van der Waals surface area contributed by atoms with Crippen LogP contribution in [0.4, 0.5) is 0 Å². The average molecular weight is 764 g/mol. The van der Waals surface area contributed by atoms with Crippen molar-refractivity contribution in [2.75, 3.05) is 0 Å². The van der Waals surface area contributed by atoms with E-state index >= 15 is 9.59 Å². The molecule has 0 aliphatic heterocycles. The molecular weight excluding hydrogens is 699 g/mol. The number of allylic oxidation sites excluding steroid dienone is 2. The van der Waals surface area contributed by atoms with E-state index < -0.39 is 6.04 Å². The lowest BCUT2D eigenvalue weighted by molar-refractivity contribution is 0.334.